The van der Waals surface area contributed by atoms with Crippen LogP contribution in [0, 0.1) is 5.41 Å². The van der Waals surface area contributed by atoms with E-state index >= 15 is 0 Å². The highest BCUT2D eigenvalue weighted by atomic mass is 16.5. The molecule has 0 heterocycles. The van der Waals surface area contributed by atoms with E-state index in [-0.39, 0.29) is 12.3 Å². The van der Waals surface area contributed by atoms with Gasteiger partial charge in [-0.1, -0.05) is 6.42 Å². The van der Waals surface area contributed by atoms with Gasteiger partial charge in [0.25, 0.3) is 0 Å². The molecule has 0 aromatic heterocycles. The van der Waals surface area contributed by atoms with Crippen molar-refractivity contribution in [1.82, 2.24) is 0 Å². The molecular weight excluding hydrogens is 158 g/mol. The second kappa shape index (κ2) is 3.23. The third-order valence-corrected chi connectivity index (χ3v) is 2.50. The Labute approximate surface area is 71.1 Å². The fourth-order valence-electron chi connectivity index (χ4n) is 1.52. The Bertz CT molecular complexity index is 190. The second-order valence-electron chi connectivity index (χ2n) is 3.05. The number of ketones is 1. The predicted octanol–water partition coefficient (Wildman–Crippen LogP) is -0.143. The zero-order valence-corrected chi connectivity index (χ0v) is 7.13. The number of rotatable bonds is 3. The van der Waals surface area contributed by atoms with Gasteiger partial charge in [-0.15, -0.1) is 0 Å². The molecule has 2 N–H and O–H groups in total. The molecule has 1 aliphatic rings. The molecule has 0 amide bonds. The number of hydrogen-bond acceptors (Lipinski definition) is 4. The minimum absolute atomic E-state index is 0.0743. The highest BCUT2D eigenvalue weighted by Gasteiger charge is 2.50. The quantitative estimate of drug-likeness (QED) is 0.474. The van der Waals surface area contributed by atoms with Crippen LogP contribution in [-0.4, -0.2) is 25.4 Å². The lowest BCUT2D eigenvalue weighted by molar-refractivity contribution is -0.163. The maximum Gasteiger partial charge on any atom is 0.319 e. The van der Waals surface area contributed by atoms with Crippen molar-refractivity contribution in [2.75, 3.05) is 13.7 Å². The van der Waals surface area contributed by atoms with Gasteiger partial charge in [-0.2, -0.15) is 0 Å². The van der Waals surface area contributed by atoms with Crippen LogP contribution < -0.4 is 5.73 Å². The monoisotopic (exact) mass is 171 g/mol. The molecule has 1 fully saturated rings. The minimum Gasteiger partial charge on any atom is -0.468 e. The third kappa shape index (κ3) is 1.12. The van der Waals surface area contributed by atoms with Gasteiger partial charge < -0.3 is 10.5 Å². The van der Waals surface area contributed by atoms with Crippen molar-refractivity contribution in [3.63, 3.8) is 0 Å². The molecule has 0 radical (unpaired) electrons. The number of carbonyl (C=O) groups excluding carboxylic acids is 2. The van der Waals surface area contributed by atoms with Gasteiger partial charge in [-0.05, 0) is 12.8 Å². The van der Waals surface area contributed by atoms with Crippen molar-refractivity contribution in [3.05, 3.63) is 0 Å². The average Bonchev–Trinajstić information content (AvgIpc) is 2.01. The highest BCUT2D eigenvalue weighted by molar-refractivity contribution is 6.05. The summed E-state index contributed by atoms with van der Waals surface area (Å²) in [7, 11) is 1.30. The van der Waals surface area contributed by atoms with Crippen molar-refractivity contribution in [3.8, 4) is 0 Å². The van der Waals surface area contributed by atoms with Gasteiger partial charge in [0.2, 0.25) is 0 Å². The van der Waals surface area contributed by atoms with Crippen molar-refractivity contribution in [2.24, 2.45) is 11.1 Å². The van der Waals surface area contributed by atoms with E-state index in [4.69, 9.17) is 5.73 Å². The number of nitrogens with two attached hydrogens (primary N) is 1. The summed E-state index contributed by atoms with van der Waals surface area (Å²) in [4.78, 5) is 22.5. The molecule has 4 heteroatoms. The predicted molar refractivity (Wildman–Crippen MR) is 42.4 cm³/mol. The molecule has 1 rings (SSSR count). The van der Waals surface area contributed by atoms with Crippen molar-refractivity contribution < 1.29 is 14.3 Å². The fraction of sp³-hybridized carbons (Fsp3) is 0.750. The van der Waals surface area contributed by atoms with Crippen LogP contribution in [0.3, 0.4) is 0 Å². The molecule has 0 aromatic rings. The smallest absolute Gasteiger partial charge is 0.319 e. The van der Waals surface area contributed by atoms with Gasteiger partial charge in [0.1, 0.15) is 5.41 Å². The van der Waals surface area contributed by atoms with Crippen LogP contribution in [-0.2, 0) is 14.3 Å². The molecular formula is C8H13NO3. The van der Waals surface area contributed by atoms with E-state index in [9.17, 15) is 9.59 Å². The van der Waals surface area contributed by atoms with Crippen molar-refractivity contribution >= 4 is 11.8 Å². The van der Waals surface area contributed by atoms with Gasteiger partial charge >= 0.3 is 5.97 Å². The van der Waals surface area contributed by atoms with Gasteiger partial charge in [0, 0.05) is 0 Å². The summed E-state index contributed by atoms with van der Waals surface area (Å²) in [6, 6.07) is 0. The summed E-state index contributed by atoms with van der Waals surface area (Å²) in [5.74, 6) is -0.621. The van der Waals surface area contributed by atoms with Gasteiger partial charge in [0.15, 0.2) is 5.78 Å². The van der Waals surface area contributed by atoms with Crippen LogP contribution in [0.15, 0.2) is 0 Å². The normalized spacial score (nSPS) is 19.5. The van der Waals surface area contributed by atoms with E-state index in [1.807, 2.05) is 0 Å². The van der Waals surface area contributed by atoms with E-state index in [1.54, 1.807) is 0 Å². The maximum absolute atomic E-state index is 11.3. The van der Waals surface area contributed by atoms with Crippen LogP contribution in [0.1, 0.15) is 19.3 Å². The number of methoxy groups -OCH3 is 1. The number of carbonyl (C=O) groups is 2. The van der Waals surface area contributed by atoms with E-state index in [0.29, 0.717) is 12.8 Å². The third-order valence-electron chi connectivity index (χ3n) is 2.50. The second-order valence-corrected chi connectivity index (χ2v) is 3.05. The Morgan fingerprint density at radius 3 is 2.33 bits per heavy atom. The van der Waals surface area contributed by atoms with E-state index < -0.39 is 11.4 Å². The van der Waals surface area contributed by atoms with Gasteiger partial charge in [-0.25, -0.2) is 0 Å². The standard InChI is InChI=1S/C8H13NO3/c1-12-7(11)8(3-2-4-8)6(10)5-9/h2-5,9H2,1H3. The molecule has 0 bridgehead atoms. The summed E-state index contributed by atoms with van der Waals surface area (Å²) in [5, 5.41) is 0. The molecule has 1 aliphatic carbocycles. The summed E-state index contributed by atoms with van der Waals surface area (Å²) in [6.45, 7) is -0.0743. The van der Waals surface area contributed by atoms with Crippen LogP contribution in [0.4, 0.5) is 0 Å². The molecule has 0 aromatic carbocycles. The summed E-state index contributed by atoms with van der Waals surface area (Å²) in [5.41, 5.74) is 4.32. The van der Waals surface area contributed by atoms with Gasteiger partial charge in [0.05, 0.1) is 13.7 Å². The Balaban J connectivity index is 2.75. The lowest BCUT2D eigenvalue weighted by Gasteiger charge is -2.36. The molecule has 0 atom stereocenters. The lowest BCUT2D eigenvalue weighted by Crippen LogP contribution is -2.48. The molecule has 0 unspecified atom stereocenters. The molecule has 12 heavy (non-hydrogen) atoms. The number of Topliss-reactive ketones (excluding diaryl/α,β-unsaturated/α-hetero) is 1. The minimum atomic E-state index is -0.885. The summed E-state index contributed by atoms with van der Waals surface area (Å²) >= 11 is 0. The van der Waals surface area contributed by atoms with Crippen molar-refractivity contribution in [1.29, 1.82) is 0 Å². The Kier molecular flexibility index (Phi) is 2.47. The molecule has 0 spiro atoms. The fourth-order valence-corrected chi connectivity index (χ4v) is 1.52. The SMILES string of the molecule is COC(=O)C1(C(=O)CN)CCC1. The summed E-state index contributed by atoms with van der Waals surface area (Å²) < 4.78 is 4.57. The van der Waals surface area contributed by atoms with Gasteiger partial charge in [-0.3, -0.25) is 9.59 Å². The van der Waals surface area contributed by atoms with E-state index in [1.165, 1.54) is 7.11 Å². The number of hydrogen-bond donors (Lipinski definition) is 1. The Morgan fingerprint density at radius 2 is 2.08 bits per heavy atom. The molecule has 0 saturated heterocycles. The highest BCUT2D eigenvalue weighted by Crippen LogP contribution is 2.42. The Morgan fingerprint density at radius 1 is 1.50 bits per heavy atom. The first kappa shape index (κ1) is 9.19. The van der Waals surface area contributed by atoms with E-state index in [2.05, 4.69) is 4.74 Å². The molecule has 4 nitrogen and oxygen atoms in total. The zero-order chi connectivity index (χ0) is 9.19. The number of esters is 1. The van der Waals surface area contributed by atoms with E-state index in [0.717, 1.165) is 6.42 Å². The molecule has 68 valence electrons. The first-order chi connectivity index (χ1) is 5.67. The number of ether oxygens (including phenoxy) is 1. The van der Waals surface area contributed by atoms with Crippen LogP contribution in [0.25, 0.3) is 0 Å². The zero-order valence-electron chi connectivity index (χ0n) is 7.13. The Hall–Kier alpha value is -0.900. The van der Waals surface area contributed by atoms with Crippen LogP contribution in [0.5, 0.6) is 0 Å². The maximum atomic E-state index is 11.3. The molecule has 0 aliphatic heterocycles. The summed E-state index contributed by atoms with van der Waals surface area (Å²) in [6.07, 6.45) is 2.09. The first-order valence-electron chi connectivity index (χ1n) is 3.99. The first-order valence-corrected chi connectivity index (χ1v) is 3.99. The topological polar surface area (TPSA) is 69.4 Å². The largest absolute Gasteiger partial charge is 0.468 e. The van der Waals surface area contributed by atoms with Crippen LogP contribution in [0.2, 0.25) is 0 Å². The lowest BCUT2D eigenvalue weighted by atomic mass is 9.66. The molecule has 1 saturated carbocycles. The average molecular weight is 171 g/mol. The van der Waals surface area contributed by atoms with Crippen LogP contribution >= 0.6 is 0 Å². The van der Waals surface area contributed by atoms with Crippen molar-refractivity contribution in [2.45, 2.75) is 19.3 Å².